The minimum Gasteiger partial charge on any atom is -0.494 e. The lowest BCUT2D eigenvalue weighted by molar-refractivity contribution is -0.111. The summed E-state index contributed by atoms with van der Waals surface area (Å²) in [6, 6.07) is 26.2. The van der Waals surface area contributed by atoms with E-state index in [4.69, 9.17) is 9.57 Å². The van der Waals surface area contributed by atoms with Gasteiger partial charge in [-0.3, -0.25) is 19.4 Å². The van der Waals surface area contributed by atoms with Crippen LogP contribution in [0.15, 0.2) is 91.8 Å². The van der Waals surface area contributed by atoms with Crippen molar-refractivity contribution in [3.8, 4) is 16.9 Å². The number of hydrogen-bond donors (Lipinski definition) is 2. The molecule has 0 unspecified atom stereocenters. The molecule has 3 saturated heterocycles. The summed E-state index contributed by atoms with van der Waals surface area (Å²) in [4.78, 5) is 35.7. The van der Waals surface area contributed by atoms with Crippen LogP contribution in [0.2, 0.25) is 0 Å². The number of hydroxylamine groups is 1. The Bertz CT molecular complexity index is 1870. The number of carbonyl (C=O) groups is 1. The summed E-state index contributed by atoms with van der Waals surface area (Å²) in [5.41, 5.74) is 5.80. The highest BCUT2D eigenvalue weighted by atomic mass is 16.7. The number of carbonyl (C=O) groups excluding carboxylic acids is 1. The fourth-order valence-corrected chi connectivity index (χ4v) is 7.99. The fourth-order valence-electron chi connectivity index (χ4n) is 7.99. The number of piperazine rings is 1. The van der Waals surface area contributed by atoms with E-state index in [1.807, 2.05) is 29.3 Å². The molecule has 1 amide bonds. The van der Waals surface area contributed by atoms with Crippen molar-refractivity contribution in [3.63, 3.8) is 0 Å². The molecule has 3 aromatic carbocycles. The van der Waals surface area contributed by atoms with Crippen LogP contribution >= 0.6 is 0 Å². The van der Waals surface area contributed by atoms with E-state index < -0.39 is 0 Å². The minimum atomic E-state index is -0.265. The van der Waals surface area contributed by atoms with Crippen LogP contribution in [0, 0.1) is 0 Å². The van der Waals surface area contributed by atoms with Gasteiger partial charge >= 0.3 is 0 Å². The van der Waals surface area contributed by atoms with E-state index in [-0.39, 0.29) is 11.9 Å². The van der Waals surface area contributed by atoms with Crippen molar-refractivity contribution in [2.75, 3.05) is 73.6 Å². The van der Waals surface area contributed by atoms with Crippen LogP contribution in [0.1, 0.15) is 43.7 Å². The summed E-state index contributed by atoms with van der Waals surface area (Å²) in [6.07, 6.45) is 8.59. The average molecular weight is 701 g/mol. The number of aromatic nitrogens is 2. The Morgan fingerprint density at radius 2 is 1.56 bits per heavy atom. The Morgan fingerprint density at radius 1 is 0.827 bits per heavy atom. The number of anilines is 5. The molecule has 3 aliphatic heterocycles. The molecule has 1 aliphatic carbocycles. The van der Waals surface area contributed by atoms with E-state index in [9.17, 15) is 4.79 Å². The molecule has 4 fully saturated rings. The van der Waals surface area contributed by atoms with E-state index in [2.05, 4.69) is 90.4 Å². The Morgan fingerprint density at radius 3 is 2.27 bits per heavy atom. The molecule has 8 rings (SSSR count). The van der Waals surface area contributed by atoms with Crippen LogP contribution in [0.3, 0.4) is 0 Å². The lowest BCUT2D eigenvalue weighted by Crippen LogP contribution is -2.53. The number of benzene rings is 3. The van der Waals surface area contributed by atoms with E-state index in [1.54, 1.807) is 7.11 Å². The van der Waals surface area contributed by atoms with Crippen LogP contribution in [0.25, 0.3) is 11.1 Å². The Balaban J connectivity index is 0.993. The summed E-state index contributed by atoms with van der Waals surface area (Å²) in [6.45, 7) is 10.8. The maximum absolute atomic E-state index is 12.7. The van der Waals surface area contributed by atoms with Crippen LogP contribution < -0.4 is 25.3 Å². The van der Waals surface area contributed by atoms with E-state index in [0.717, 1.165) is 68.3 Å². The van der Waals surface area contributed by atoms with Crippen molar-refractivity contribution in [2.24, 2.45) is 0 Å². The van der Waals surface area contributed by atoms with Gasteiger partial charge in [-0.1, -0.05) is 55.1 Å². The number of rotatable bonds is 11. The van der Waals surface area contributed by atoms with Crippen molar-refractivity contribution in [1.82, 2.24) is 19.8 Å². The van der Waals surface area contributed by atoms with Crippen LogP contribution in [-0.4, -0.2) is 90.7 Å². The van der Waals surface area contributed by atoms with Gasteiger partial charge in [0, 0.05) is 69.9 Å². The maximum atomic E-state index is 12.7. The first kappa shape index (κ1) is 34.1. The number of amides is 1. The summed E-state index contributed by atoms with van der Waals surface area (Å²) in [7, 11) is 1.66. The molecule has 0 spiro atoms. The first-order valence-corrected chi connectivity index (χ1v) is 18.6. The second-order valence-corrected chi connectivity index (χ2v) is 14.1. The zero-order chi connectivity index (χ0) is 35.4. The monoisotopic (exact) mass is 700 g/mol. The Hall–Kier alpha value is -4.97. The second-order valence-electron chi connectivity index (χ2n) is 14.1. The van der Waals surface area contributed by atoms with Crippen molar-refractivity contribution in [3.05, 3.63) is 97.3 Å². The largest absolute Gasteiger partial charge is 0.494 e. The summed E-state index contributed by atoms with van der Waals surface area (Å²) < 4.78 is 5.93. The second kappa shape index (κ2) is 15.3. The quantitative estimate of drug-likeness (QED) is 0.166. The van der Waals surface area contributed by atoms with Gasteiger partial charge in [-0.05, 0) is 60.6 Å². The molecule has 4 heterocycles. The molecule has 1 atom stereocenters. The number of hydrogen-bond acceptors (Lipinski definition) is 10. The molecular formula is C41H48N8O3. The van der Waals surface area contributed by atoms with Gasteiger partial charge in [-0.2, -0.15) is 0 Å². The number of methoxy groups -OCH3 is 1. The number of nitrogens with zero attached hydrogens (tertiary/aromatic N) is 6. The molecule has 1 saturated carbocycles. The molecule has 11 heteroatoms. The van der Waals surface area contributed by atoms with E-state index >= 15 is 0 Å². The first-order valence-electron chi connectivity index (χ1n) is 18.6. The molecule has 0 bridgehead atoms. The molecule has 4 aromatic rings. The predicted octanol–water partition coefficient (Wildman–Crippen LogP) is 6.65. The summed E-state index contributed by atoms with van der Waals surface area (Å²) in [5.74, 6) is 1.61. The Kier molecular flexibility index (Phi) is 10.1. The molecular weight excluding hydrogens is 653 g/mol. The Labute approximate surface area is 306 Å². The van der Waals surface area contributed by atoms with Gasteiger partial charge in [0.25, 0.3) is 0 Å². The molecule has 1 aromatic heterocycles. The maximum Gasteiger partial charge on any atom is 0.247 e. The van der Waals surface area contributed by atoms with Crippen molar-refractivity contribution in [2.45, 2.75) is 50.2 Å². The minimum absolute atomic E-state index is 0.00237. The average Bonchev–Trinajstić information content (AvgIpc) is 3.94. The lowest BCUT2D eigenvalue weighted by Gasteiger charge is -2.43. The van der Waals surface area contributed by atoms with Crippen LogP contribution in [0.5, 0.6) is 5.75 Å². The highest BCUT2D eigenvalue weighted by Crippen LogP contribution is 2.41. The standard InChI is InChI=1S/C41H48N8O3/c1-3-41(50)45-34-25-35(38(51-2)26-37(34)48-17-14-33(15-18-48)47-21-19-46(20-22-47)32-12-13-32)44-39-27-40(43-28-42-39)49-36(16-23-52-49)31-11-7-10-30(24-31)29-8-5-4-6-9-29/h3-11,24-28,32-33,36H,1,12-23H2,2H3,(H,45,50)(H,42,43,44)/t36-/m1/s1. The molecule has 270 valence electrons. The van der Waals surface area contributed by atoms with Gasteiger partial charge < -0.3 is 20.3 Å². The molecule has 4 aliphatic rings. The van der Waals surface area contributed by atoms with Crippen LogP contribution in [0.4, 0.5) is 28.7 Å². The number of piperidine rings is 1. The van der Waals surface area contributed by atoms with Gasteiger partial charge in [0.2, 0.25) is 5.91 Å². The summed E-state index contributed by atoms with van der Waals surface area (Å²) >= 11 is 0. The molecule has 2 N–H and O–H groups in total. The third kappa shape index (κ3) is 7.48. The predicted molar refractivity (Wildman–Crippen MR) is 206 cm³/mol. The third-order valence-electron chi connectivity index (χ3n) is 10.9. The topological polar surface area (TPSA) is 98.3 Å². The van der Waals surface area contributed by atoms with Crippen LogP contribution in [-0.2, 0) is 9.63 Å². The third-order valence-corrected chi connectivity index (χ3v) is 10.9. The smallest absolute Gasteiger partial charge is 0.247 e. The summed E-state index contributed by atoms with van der Waals surface area (Å²) in [5, 5.41) is 8.37. The van der Waals surface area contributed by atoms with Crippen molar-refractivity contribution in [1.29, 1.82) is 0 Å². The van der Waals surface area contributed by atoms with Crippen molar-refractivity contribution < 1.29 is 14.4 Å². The zero-order valence-electron chi connectivity index (χ0n) is 29.9. The molecule has 11 nitrogen and oxygen atoms in total. The molecule has 0 radical (unpaired) electrons. The zero-order valence-corrected chi connectivity index (χ0v) is 29.9. The van der Waals surface area contributed by atoms with E-state index in [0.29, 0.717) is 41.4 Å². The van der Waals surface area contributed by atoms with Gasteiger partial charge in [-0.15, -0.1) is 0 Å². The number of nitrogens with one attached hydrogen (secondary N) is 2. The highest BCUT2D eigenvalue weighted by molar-refractivity contribution is 6.02. The van der Waals surface area contributed by atoms with Gasteiger partial charge in [0.05, 0.1) is 36.8 Å². The highest BCUT2D eigenvalue weighted by Gasteiger charge is 2.34. The first-order chi connectivity index (χ1) is 25.6. The normalized spacial score (nSPS) is 20.1. The fraction of sp³-hybridized carbons (Fsp3) is 0.390. The van der Waals surface area contributed by atoms with E-state index in [1.165, 1.54) is 43.9 Å². The van der Waals surface area contributed by atoms with Gasteiger partial charge in [-0.25, -0.2) is 15.0 Å². The van der Waals surface area contributed by atoms with Gasteiger partial charge in [0.15, 0.2) is 5.82 Å². The van der Waals surface area contributed by atoms with Gasteiger partial charge in [0.1, 0.15) is 17.9 Å². The van der Waals surface area contributed by atoms with Crippen molar-refractivity contribution >= 4 is 34.6 Å². The molecule has 52 heavy (non-hydrogen) atoms. The number of ether oxygens (including phenoxy) is 1. The lowest BCUT2D eigenvalue weighted by atomic mass is 9.98. The SMILES string of the molecule is C=CC(=O)Nc1cc(Nc2cc(N3OCC[C@@H]3c3cccc(-c4ccccc4)c3)ncn2)c(OC)cc1N1CCC(N2CCN(C3CC3)CC2)CC1.